The first-order chi connectivity index (χ1) is 23.8. The van der Waals surface area contributed by atoms with Crippen LogP contribution >= 0.6 is 0 Å². The number of nitrogens with zero attached hydrogens (tertiary/aromatic N) is 1. The summed E-state index contributed by atoms with van der Waals surface area (Å²) in [4.78, 5) is 2.34. The molecule has 0 bridgehead atoms. The van der Waals surface area contributed by atoms with Gasteiger partial charge in [0.25, 0.3) is 0 Å². The molecule has 9 aromatic rings. The molecule has 9 rings (SSSR count). The monoisotopic (exact) mass is 613 g/mol. The number of para-hydroxylation sites is 1. The number of rotatable bonds is 6. The Bertz CT molecular complexity index is 2530. The maximum absolute atomic E-state index is 6.29. The molecule has 0 N–H and O–H groups in total. The van der Waals surface area contributed by atoms with Gasteiger partial charge in [0.15, 0.2) is 0 Å². The van der Waals surface area contributed by atoms with Crippen LogP contribution in [0.25, 0.3) is 66.1 Å². The van der Waals surface area contributed by atoms with Gasteiger partial charge in [0, 0.05) is 28.0 Å². The lowest BCUT2D eigenvalue weighted by atomic mass is 9.94. The van der Waals surface area contributed by atoms with Gasteiger partial charge in [-0.05, 0) is 92.3 Å². The molecule has 0 aliphatic heterocycles. The van der Waals surface area contributed by atoms with Crippen LogP contribution in [-0.2, 0) is 0 Å². The second kappa shape index (κ2) is 11.8. The molecule has 226 valence electrons. The second-order valence-electron chi connectivity index (χ2n) is 12.2. The quantitative estimate of drug-likeness (QED) is 0.174. The molecular formula is C46H31NO. The summed E-state index contributed by atoms with van der Waals surface area (Å²) >= 11 is 0. The third kappa shape index (κ3) is 5.01. The Morgan fingerprint density at radius 2 is 0.938 bits per heavy atom. The minimum Gasteiger partial charge on any atom is -0.456 e. The van der Waals surface area contributed by atoms with Crippen LogP contribution in [0.3, 0.4) is 0 Å². The number of hydrogen-bond acceptors (Lipinski definition) is 2. The van der Waals surface area contributed by atoms with Crippen molar-refractivity contribution < 1.29 is 4.42 Å². The lowest BCUT2D eigenvalue weighted by Gasteiger charge is -2.26. The summed E-state index contributed by atoms with van der Waals surface area (Å²) < 4.78 is 6.29. The Morgan fingerprint density at radius 1 is 0.333 bits per heavy atom. The fourth-order valence-electron chi connectivity index (χ4n) is 6.90. The third-order valence-corrected chi connectivity index (χ3v) is 9.25. The summed E-state index contributed by atoms with van der Waals surface area (Å²) in [5, 5.41) is 6.07. The van der Waals surface area contributed by atoms with Gasteiger partial charge >= 0.3 is 0 Å². The third-order valence-electron chi connectivity index (χ3n) is 9.25. The van der Waals surface area contributed by atoms with Gasteiger partial charge in [0.1, 0.15) is 11.3 Å². The average molecular weight is 614 g/mol. The van der Waals surface area contributed by atoms with E-state index in [0.29, 0.717) is 0 Å². The summed E-state index contributed by atoms with van der Waals surface area (Å²) in [6, 6.07) is 66.9. The molecule has 0 amide bonds. The van der Waals surface area contributed by atoms with Crippen molar-refractivity contribution in [1.29, 1.82) is 0 Å². The first kappa shape index (κ1) is 27.9. The normalized spacial score (nSPS) is 11.3. The molecule has 1 heterocycles. The molecule has 48 heavy (non-hydrogen) atoms. The molecular weight excluding hydrogens is 583 g/mol. The fourth-order valence-corrected chi connectivity index (χ4v) is 6.90. The van der Waals surface area contributed by atoms with Crippen molar-refractivity contribution in [3.63, 3.8) is 0 Å². The molecule has 0 unspecified atom stereocenters. The van der Waals surface area contributed by atoms with Crippen LogP contribution in [-0.4, -0.2) is 0 Å². The molecule has 0 aliphatic carbocycles. The van der Waals surface area contributed by atoms with E-state index in [0.717, 1.165) is 39.4 Å². The van der Waals surface area contributed by atoms with E-state index in [1.165, 1.54) is 43.8 Å². The van der Waals surface area contributed by atoms with Crippen LogP contribution < -0.4 is 4.90 Å². The van der Waals surface area contributed by atoms with Crippen LogP contribution in [0, 0.1) is 0 Å². The number of hydrogen-bond donors (Lipinski definition) is 0. The summed E-state index contributed by atoms with van der Waals surface area (Å²) in [6.07, 6.45) is 0. The van der Waals surface area contributed by atoms with Crippen molar-refractivity contribution in [2.75, 3.05) is 4.90 Å². The van der Waals surface area contributed by atoms with Crippen molar-refractivity contribution in [1.82, 2.24) is 0 Å². The molecule has 0 spiro atoms. The van der Waals surface area contributed by atoms with Gasteiger partial charge in [-0.25, -0.2) is 0 Å². The molecule has 0 fully saturated rings. The summed E-state index contributed by atoms with van der Waals surface area (Å²) in [5.74, 6) is 0.857. The van der Waals surface area contributed by atoms with E-state index in [4.69, 9.17) is 4.42 Å². The summed E-state index contributed by atoms with van der Waals surface area (Å²) in [7, 11) is 0. The molecule has 0 atom stereocenters. The van der Waals surface area contributed by atoms with E-state index in [1.54, 1.807) is 0 Å². The zero-order valence-electron chi connectivity index (χ0n) is 26.3. The van der Waals surface area contributed by atoms with Gasteiger partial charge in [0.05, 0.1) is 0 Å². The van der Waals surface area contributed by atoms with Crippen LogP contribution in [0.2, 0.25) is 0 Å². The molecule has 0 aliphatic rings. The van der Waals surface area contributed by atoms with Crippen molar-refractivity contribution in [3.05, 3.63) is 188 Å². The molecule has 1 aromatic heterocycles. The summed E-state index contributed by atoms with van der Waals surface area (Å²) in [6.45, 7) is 0. The predicted octanol–water partition coefficient (Wildman–Crippen LogP) is 13.2. The fraction of sp³-hybridized carbons (Fsp3) is 0. The van der Waals surface area contributed by atoms with E-state index >= 15 is 0 Å². The Balaban J connectivity index is 1.18. The topological polar surface area (TPSA) is 16.4 Å². The van der Waals surface area contributed by atoms with Crippen LogP contribution in [0.1, 0.15) is 0 Å². The molecule has 0 saturated carbocycles. The van der Waals surface area contributed by atoms with Gasteiger partial charge in [-0.3, -0.25) is 0 Å². The number of furan rings is 1. The van der Waals surface area contributed by atoms with E-state index in [-0.39, 0.29) is 0 Å². The first-order valence-corrected chi connectivity index (χ1v) is 16.3. The van der Waals surface area contributed by atoms with E-state index in [1.807, 2.05) is 18.2 Å². The van der Waals surface area contributed by atoms with Crippen molar-refractivity contribution in [2.45, 2.75) is 0 Å². The number of fused-ring (bicyclic) bond motifs is 4. The van der Waals surface area contributed by atoms with Gasteiger partial charge in [-0.1, -0.05) is 140 Å². The largest absolute Gasteiger partial charge is 0.456 e. The standard InChI is InChI=1S/C46H31NO/c1-2-11-32(12-3-1)41-18-7-8-19-43(41)34-23-25-38(26-24-34)47(40-27-28-44-35(29-40)22-21-33-13-4-6-17-42(33)44)39-16-10-15-36(30-39)46-31-37-14-5-9-20-45(37)48-46/h1-31H. The van der Waals surface area contributed by atoms with Gasteiger partial charge in [0.2, 0.25) is 0 Å². The minimum atomic E-state index is 0.857. The Hall–Kier alpha value is -6.38. The van der Waals surface area contributed by atoms with Gasteiger partial charge in [-0.2, -0.15) is 0 Å². The lowest BCUT2D eigenvalue weighted by Crippen LogP contribution is -2.10. The van der Waals surface area contributed by atoms with Crippen molar-refractivity contribution >= 4 is 49.6 Å². The lowest BCUT2D eigenvalue weighted by molar-refractivity contribution is 0.631. The first-order valence-electron chi connectivity index (χ1n) is 16.3. The van der Waals surface area contributed by atoms with E-state index in [2.05, 4.69) is 175 Å². The van der Waals surface area contributed by atoms with Crippen LogP contribution in [0.5, 0.6) is 0 Å². The predicted molar refractivity (Wildman–Crippen MR) is 202 cm³/mol. The maximum atomic E-state index is 6.29. The Morgan fingerprint density at radius 3 is 1.75 bits per heavy atom. The Kier molecular flexibility index (Phi) is 6.84. The minimum absolute atomic E-state index is 0.857. The zero-order chi connectivity index (χ0) is 31.9. The number of benzene rings is 8. The zero-order valence-corrected chi connectivity index (χ0v) is 26.3. The molecule has 8 aromatic carbocycles. The molecule has 0 saturated heterocycles. The highest BCUT2D eigenvalue weighted by Gasteiger charge is 2.17. The number of anilines is 3. The molecule has 0 radical (unpaired) electrons. The average Bonchev–Trinajstić information content (AvgIpc) is 3.60. The SMILES string of the molecule is c1ccc(-c2ccccc2-c2ccc(N(c3cccc(-c4cc5ccccc5o4)c3)c3ccc4c(ccc5ccccc54)c3)cc2)cc1. The highest BCUT2D eigenvalue weighted by molar-refractivity contribution is 6.08. The van der Waals surface area contributed by atoms with Crippen LogP contribution in [0.4, 0.5) is 17.1 Å². The summed E-state index contributed by atoms with van der Waals surface area (Å²) in [5.41, 5.74) is 10.00. The van der Waals surface area contributed by atoms with Crippen LogP contribution in [0.15, 0.2) is 192 Å². The maximum Gasteiger partial charge on any atom is 0.135 e. The van der Waals surface area contributed by atoms with Crippen molar-refractivity contribution in [3.8, 4) is 33.6 Å². The van der Waals surface area contributed by atoms with Crippen molar-refractivity contribution in [2.24, 2.45) is 0 Å². The molecule has 2 heteroatoms. The second-order valence-corrected chi connectivity index (χ2v) is 12.2. The van der Waals surface area contributed by atoms with E-state index in [9.17, 15) is 0 Å². The highest BCUT2D eigenvalue weighted by atomic mass is 16.3. The van der Waals surface area contributed by atoms with E-state index < -0.39 is 0 Å². The van der Waals surface area contributed by atoms with Gasteiger partial charge < -0.3 is 9.32 Å². The Labute approximate surface area is 279 Å². The molecule has 2 nitrogen and oxygen atoms in total. The smallest absolute Gasteiger partial charge is 0.135 e. The highest BCUT2D eigenvalue weighted by Crippen LogP contribution is 2.41. The van der Waals surface area contributed by atoms with Gasteiger partial charge in [-0.15, -0.1) is 0 Å².